The maximum atomic E-state index is 5.42. The molecule has 0 saturated heterocycles. The Balaban J connectivity index is 2.44. The second-order valence-electron chi connectivity index (χ2n) is 4.41. The summed E-state index contributed by atoms with van der Waals surface area (Å²) in [5.74, 6) is 0.823. The number of hydrogen-bond donors (Lipinski definition) is 2. The molecule has 4 heteroatoms. The Kier molecular flexibility index (Phi) is 6.97. The molecule has 1 aromatic carbocycles. The lowest BCUT2D eigenvalue weighted by molar-refractivity contribution is 0.363. The van der Waals surface area contributed by atoms with Crippen molar-refractivity contribution < 1.29 is 4.74 Å². The van der Waals surface area contributed by atoms with E-state index in [9.17, 15) is 0 Å². The van der Waals surface area contributed by atoms with Gasteiger partial charge in [-0.05, 0) is 49.8 Å². The van der Waals surface area contributed by atoms with Crippen LogP contribution in [-0.2, 0) is 0 Å². The predicted octanol–water partition coefficient (Wildman–Crippen LogP) is 3.73. The van der Waals surface area contributed by atoms with Crippen LogP contribution in [0.1, 0.15) is 26.7 Å². The van der Waals surface area contributed by atoms with E-state index in [1.807, 2.05) is 24.3 Å². The van der Waals surface area contributed by atoms with Crippen molar-refractivity contribution >= 4 is 23.0 Å². The lowest BCUT2D eigenvalue weighted by Crippen LogP contribution is -2.35. The molecule has 19 heavy (non-hydrogen) atoms. The Morgan fingerprint density at radius 2 is 2.11 bits per heavy atom. The molecule has 0 aliphatic rings. The minimum absolute atomic E-state index is 0.389. The van der Waals surface area contributed by atoms with Gasteiger partial charge in [0.2, 0.25) is 0 Å². The minimum atomic E-state index is 0.389. The minimum Gasteiger partial charge on any atom is -0.490 e. The van der Waals surface area contributed by atoms with Gasteiger partial charge in [-0.15, -0.1) is 0 Å². The number of rotatable bonds is 7. The Labute approximate surface area is 121 Å². The highest BCUT2D eigenvalue weighted by Gasteiger charge is 2.03. The molecule has 0 fully saturated rings. The Morgan fingerprint density at radius 1 is 1.42 bits per heavy atom. The second-order valence-corrected chi connectivity index (χ2v) is 4.82. The first-order valence-electron chi connectivity index (χ1n) is 6.57. The van der Waals surface area contributed by atoms with Crippen molar-refractivity contribution in [2.45, 2.75) is 32.7 Å². The zero-order chi connectivity index (χ0) is 14.1. The van der Waals surface area contributed by atoms with Gasteiger partial charge in [-0.2, -0.15) is 0 Å². The fourth-order valence-corrected chi connectivity index (χ4v) is 2.00. The summed E-state index contributed by atoms with van der Waals surface area (Å²) in [5, 5.41) is 7.07. The van der Waals surface area contributed by atoms with E-state index in [2.05, 4.69) is 31.1 Å². The summed E-state index contributed by atoms with van der Waals surface area (Å²) in [6.07, 6.45) is 3.97. The average molecular weight is 278 g/mol. The van der Waals surface area contributed by atoms with Crippen LogP contribution in [0.25, 0.3) is 0 Å². The zero-order valence-electron chi connectivity index (χ0n) is 11.6. The largest absolute Gasteiger partial charge is 0.490 e. The molecule has 104 valence electrons. The summed E-state index contributed by atoms with van der Waals surface area (Å²) >= 11 is 5.26. The normalized spacial score (nSPS) is 11.5. The fraction of sp³-hybridized carbons (Fsp3) is 0.400. The molecule has 0 aliphatic heterocycles. The van der Waals surface area contributed by atoms with Crippen LogP contribution >= 0.6 is 12.2 Å². The molecule has 0 amide bonds. The van der Waals surface area contributed by atoms with Crippen LogP contribution in [0.4, 0.5) is 5.69 Å². The molecule has 1 aromatic rings. The molecule has 1 atom stereocenters. The van der Waals surface area contributed by atoms with E-state index >= 15 is 0 Å². The number of anilines is 1. The first-order chi connectivity index (χ1) is 9.15. The topological polar surface area (TPSA) is 33.3 Å². The number of benzene rings is 1. The van der Waals surface area contributed by atoms with Crippen molar-refractivity contribution in [2.75, 3.05) is 11.9 Å². The van der Waals surface area contributed by atoms with E-state index in [1.165, 1.54) is 0 Å². The summed E-state index contributed by atoms with van der Waals surface area (Å²) in [5.41, 5.74) is 0.951. The third-order valence-electron chi connectivity index (χ3n) is 2.58. The molecule has 0 aromatic heterocycles. The highest BCUT2D eigenvalue weighted by Crippen LogP contribution is 2.15. The molecule has 1 rings (SSSR count). The van der Waals surface area contributed by atoms with Gasteiger partial charge in [0.05, 0.1) is 0 Å². The smallest absolute Gasteiger partial charge is 0.170 e. The maximum absolute atomic E-state index is 5.42. The van der Waals surface area contributed by atoms with Crippen LogP contribution in [0.15, 0.2) is 36.9 Å². The van der Waals surface area contributed by atoms with Crippen molar-refractivity contribution in [1.29, 1.82) is 0 Å². The molecule has 0 saturated carbocycles. The van der Waals surface area contributed by atoms with Crippen molar-refractivity contribution in [3.05, 3.63) is 36.9 Å². The monoisotopic (exact) mass is 278 g/mol. The highest BCUT2D eigenvalue weighted by atomic mass is 32.1. The van der Waals surface area contributed by atoms with Gasteiger partial charge in [-0.25, -0.2) is 0 Å². The first-order valence-corrected chi connectivity index (χ1v) is 6.97. The molecule has 0 heterocycles. The Hall–Kier alpha value is -1.55. The number of thiocarbonyl (C=S) groups is 1. The highest BCUT2D eigenvalue weighted by molar-refractivity contribution is 7.80. The van der Waals surface area contributed by atoms with E-state index in [0.29, 0.717) is 17.8 Å². The predicted molar refractivity (Wildman–Crippen MR) is 85.9 cm³/mol. The first kappa shape index (κ1) is 15.5. The van der Waals surface area contributed by atoms with Gasteiger partial charge in [0.15, 0.2) is 5.11 Å². The van der Waals surface area contributed by atoms with Crippen LogP contribution in [0.2, 0.25) is 0 Å². The van der Waals surface area contributed by atoms with Crippen LogP contribution in [-0.4, -0.2) is 17.8 Å². The van der Waals surface area contributed by atoms with Gasteiger partial charge >= 0.3 is 0 Å². The molecule has 3 nitrogen and oxygen atoms in total. The van der Waals surface area contributed by atoms with E-state index in [0.717, 1.165) is 24.3 Å². The van der Waals surface area contributed by atoms with E-state index in [4.69, 9.17) is 17.0 Å². The van der Waals surface area contributed by atoms with Gasteiger partial charge in [-0.1, -0.05) is 26.0 Å². The SMILES string of the molecule is C=CCOc1ccc(NC(=S)N[C@H](C)CCC)cc1. The van der Waals surface area contributed by atoms with E-state index in [-0.39, 0.29) is 0 Å². The van der Waals surface area contributed by atoms with Crippen LogP contribution in [0.5, 0.6) is 5.75 Å². The Morgan fingerprint density at radius 3 is 2.68 bits per heavy atom. The van der Waals surface area contributed by atoms with Crippen LogP contribution in [0.3, 0.4) is 0 Å². The average Bonchev–Trinajstić information content (AvgIpc) is 2.38. The summed E-state index contributed by atoms with van der Waals surface area (Å²) < 4.78 is 5.42. The van der Waals surface area contributed by atoms with Gasteiger partial charge in [-0.3, -0.25) is 0 Å². The van der Waals surface area contributed by atoms with Gasteiger partial charge < -0.3 is 15.4 Å². The summed E-state index contributed by atoms with van der Waals surface area (Å²) in [7, 11) is 0. The zero-order valence-corrected chi connectivity index (χ0v) is 12.4. The van der Waals surface area contributed by atoms with E-state index in [1.54, 1.807) is 6.08 Å². The van der Waals surface area contributed by atoms with Crippen molar-refractivity contribution in [3.8, 4) is 5.75 Å². The quantitative estimate of drug-likeness (QED) is 0.588. The summed E-state index contributed by atoms with van der Waals surface area (Å²) in [6, 6.07) is 8.09. The molecule has 0 aliphatic carbocycles. The van der Waals surface area contributed by atoms with Gasteiger partial charge in [0, 0.05) is 11.7 Å². The van der Waals surface area contributed by atoms with Crippen LogP contribution < -0.4 is 15.4 Å². The second kappa shape index (κ2) is 8.53. The Bertz CT molecular complexity index is 403. The standard InChI is InChI=1S/C15H22N2OS/c1-4-6-12(3)16-15(19)17-13-7-9-14(10-8-13)18-11-5-2/h5,7-10,12H,2,4,6,11H2,1,3H3,(H2,16,17,19)/t12-/m1/s1. The molecular weight excluding hydrogens is 256 g/mol. The maximum Gasteiger partial charge on any atom is 0.170 e. The number of hydrogen-bond acceptors (Lipinski definition) is 2. The summed E-state index contributed by atoms with van der Waals surface area (Å²) in [6.45, 7) is 8.42. The lowest BCUT2D eigenvalue weighted by Gasteiger charge is -2.16. The van der Waals surface area contributed by atoms with Crippen LogP contribution in [0, 0.1) is 0 Å². The van der Waals surface area contributed by atoms with Crippen molar-refractivity contribution in [3.63, 3.8) is 0 Å². The third-order valence-corrected chi connectivity index (χ3v) is 2.80. The van der Waals surface area contributed by atoms with Crippen molar-refractivity contribution in [2.24, 2.45) is 0 Å². The summed E-state index contributed by atoms with van der Waals surface area (Å²) in [4.78, 5) is 0. The number of ether oxygens (including phenoxy) is 1. The number of nitrogens with one attached hydrogen (secondary N) is 2. The third kappa shape index (κ3) is 6.25. The molecule has 2 N–H and O–H groups in total. The molecule has 0 radical (unpaired) electrons. The fourth-order valence-electron chi connectivity index (χ4n) is 1.69. The van der Waals surface area contributed by atoms with Crippen molar-refractivity contribution in [1.82, 2.24) is 5.32 Å². The van der Waals surface area contributed by atoms with Gasteiger partial charge in [0.25, 0.3) is 0 Å². The molecule has 0 bridgehead atoms. The molecule has 0 unspecified atom stereocenters. The van der Waals surface area contributed by atoms with Gasteiger partial charge in [0.1, 0.15) is 12.4 Å². The molecular formula is C15H22N2OS. The lowest BCUT2D eigenvalue weighted by atomic mass is 10.2. The van der Waals surface area contributed by atoms with E-state index < -0.39 is 0 Å². The molecule has 0 spiro atoms.